The molecule has 2 nitrogen and oxygen atoms in total. The van der Waals surface area contributed by atoms with E-state index in [4.69, 9.17) is 0 Å². The zero-order valence-corrected chi connectivity index (χ0v) is 10.2. The van der Waals surface area contributed by atoms with E-state index in [0.717, 1.165) is 12.0 Å². The summed E-state index contributed by atoms with van der Waals surface area (Å²) in [6, 6.07) is 1.43. The van der Waals surface area contributed by atoms with Gasteiger partial charge in [-0.3, -0.25) is 0 Å². The number of hydrogen-bond donors (Lipinski definition) is 1. The molecule has 1 aliphatic heterocycles. The van der Waals surface area contributed by atoms with Crippen LogP contribution in [0.25, 0.3) is 0 Å². The van der Waals surface area contributed by atoms with Gasteiger partial charge < -0.3 is 10.2 Å². The van der Waals surface area contributed by atoms with Crippen molar-refractivity contribution in [3.05, 3.63) is 0 Å². The fraction of sp³-hybridized carbons (Fsp3) is 1.00. The molecule has 1 rings (SSSR count). The molecule has 2 atom stereocenters. The molecule has 1 aliphatic rings. The number of nitrogens with zero attached hydrogens (tertiary/aromatic N) is 1. The second-order valence-corrected chi connectivity index (χ2v) is 4.92. The van der Waals surface area contributed by atoms with Crippen LogP contribution in [0.15, 0.2) is 0 Å². The van der Waals surface area contributed by atoms with Gasteiger partial charge in [0.15, 0.2) is 0 Å². The summed E-state index contributed by atoms with van der Waals surface area (Å²) in [4.78, 5) is 2.42. The minimum atomic E-state index is 0.674. The third-order valence-electron chi connectivity index (χ3n) is 3.71. The lowest BCUT2D eigenvalue weighted by atomic mass is 9.97. The van der Waals surface area contributed by atoms with Crippen LogP contribution in [0.1, 0.15) is 40.0 Å². The highest BCUT2D eigenvalue weighted by Gasteiger charge is 2.19. The van der Waals surface area contributed by atoms with Gasteiger partial charge in [0, 0.05) is 12.1 Å². The van der Waals surface area contributed by atoms with Crippen LogP contribution in [0.4, 0.5) is 0 Å². The third-order valence-corrected chi connectivity index (χ3v) is 3.71. The molecule has 0 amide bonds. The van der Waals surface area contributed by atoms with Crippen LogP contribution < -0.4 is 5.32 Å². The topological polar surface area (TPSA) is 15.3 Å². The van der Waals surface area contributed by atoms with Gasteiger partial charge >= 0.3 is 0 Å². The Hall–Kier alpha value is -0.0800. The number of hydrogen-bond acceptors (Lipinski definition) is 2. The van der Waals surface area contributed by atoms with Crippen LogP contribution in [-0.4, -0.2) is 37.1 Å². The molecule has 1 saturated heterocycles. The molecule has 0 aromatic carbocycles. The lowest BCUT2D eigenvalue weighted by Crippen LogP contribution is -2.46. The highest BCUT2D eigenvalue weighted by atomic mass is 15.1. The van der Waals surface area contributed by atoms with Crippen LogP contribution in [0.2, 0.25) is 0 Å². The fourth-order valence-electron chi connectivity index (χ4n) is 2.06. The SMILES string of the molecule is CC[C@@H](C)[C@H](C)NC1CCN(C)CC1. The minimum absolute atomic E-state index is 0.674. The summed E-state index contributed by atoms with van der Waals surface area (Å²) in [7, 11) is 2.22. The Morgan fingerprint density at radius 1 is 1.29 bits per heavy atom. The first-order chi connectivity index (χ1) is 6.63. The summed E-state index contributed by atoms with van der Waals surface area (Å²) in [5, 5.41) is 3.76. The Bertz CT molecular complexity index is 150. The van der Waals surface area contributed by atoms with E-state index in [1.807, 2.05) is 0 Å². The molecule has 0 aromatic heterocycles. The van der Waals surface area contributed by atoms with Crippen molar-refractivity contribution in [1.82, 2.24) is 10.2 Å². The van der Waals surface area contributed by atoms with Gasteiger partial charge in [-0.15, -0.1) is 0 Å². The standard InChI is InChI=1S/C12H26N2/c1-5-10(2)11(3)13-12-6-8-14(4)9-7-12/h10-13H,5-9H2,1-4H3/t10-,11+/m1/s1. The Balaban J connectivity index is 2.23. The van der Waals surface area contributed by atoms with Crippen LogP contribution in [0.3, 0.4) is 0 Å². The van der Waals surface area contributed by atoms with Gasteiger partial charge in [-0.2, -0.15) is 0 Å². The second kappa shape index (κ2) is 5.72. The van der Waals surface area contributed by atoms with E-state index in [9.17, 15) is 0 Å². The first-order valence-corrected chi connectivity index (χ1v) is 6.08. The van der Waals surface area contributed by atoms with Crippen LogP contribution in [0, 0.1) is 5.92 Å². The van der Waals surface area contributed by atoms with E-state index in [2.05, 4.69) is 38.0 Å². The van der Waals surface area contributed by atoms with Crippen molar-refractivity contribution < 1.29 is 0 Å². The van der Waals surface area contributed by atoms with Gasteiger partial charge in [-0.1, -0.05) is 20.3 Å². The van der Waals surface area contributed by atoms with Gasteiger partial charge in [0.05, 0.1) is 0 Å². The van der Waals surface area contributed by atoms with Crippen molar-refractivity contribution >= 4 is 0 Å². The predicted octanol–water partition coefficient (Wildman–Crippen LogP) is 2.10. The number of nitrogens with one attached hydrogen (secondary N) is 1. The Kier molecular flexibility index (Phi) is 4.90. The molecule has 0 radical (unpaired) electrons. The first kappa shape index (κ1) is 12.0. The molecule has 2 heteroatoms. The number of rotatable bonds is 4. The normalized spacial score (nSPS) is 24.9. The van der Waals surface area contributed by atoms with Crippen molar-refractivity contribution in [2.75, 3.05) is 20.1 Å². The minimum Gasteiger partial charge on any atom is -0.311 e. The van der Waals surface area contributed by atoms with Crippen molar-refractivity contribution in [2.45, 2.75) is 52.1 Å². The quantitative estimate of drug-likeness (QED) is 0.744. The van der Waals surface area contributed by atoms with E-state index in [0.29, 0.717) is 6.04 Å². The summed E-state index contributed by atoms with van der Waals surface area (Å²) >= 11 is 0. The van der Waals surface area contributed by atoms with E-state index >= 15 is 0 Å². The van der Waals surface area contributed by atoms with Gasteiger partial charge in [0.1, 0.15) is 0 Å². The maximum atomic E-state index is 3.76. The fourth-order valence-corrected chi connectivity index (χ4v) is 2.06. The number of likely N-dealkylation sites (tertiary alicyclic amines) is 1. The molecule has 84 valence electrons. The Morgan fingerprint density at radius 3 is 2.36 bits per heavy atom. The Labute approximate surface area is 89.1 Å². The average molecular weight is 198 g/mol. The van der Waals surface area contributed by atoms with Gasteiger partial charge in [0.2, 0.25) is 0 Å². The van der Waals surface area contributed by atoms with Crippen LogP contribution in [0.5, 0.6) is 0 Å². The highest BCUT2D eigenvalue weighted by Crippen LogP contribution is 2.13. The van der Waals surface area contributed by atoms with Gasteiger partial charge in [-0.05, 0) is 45.8 Å². The van der Waals surface area contributed by atoms with E-state index in [-0.39, 0.29) is 0 Å². The first-order valence-electron chi connectivity index (χ1n) is 6.08. The average Bonchev–Trinajstić information content (AvgIpc) is 2.20. The molecule has 0 aromatic rings. The van der Waals surface area contributed by atoms with Gasteiger partial charge in [0.25, 0.3) is 0 Å². The molecule has 0 saturated carbocycles. The van der Waals surface area contributed by atoms with Crippen LogP contribution in [-0.2, 0) is 0 Å². The van der Waals surface area contributed by atoms with Gasteiger partial charge in [-0.25, -0.2) is 0 Å². The molecule has 0 unspecified atom stereocenters. The van der Waals surface area contributed by atoms with Crippen molar-refractivity contribution in [3.63, 3.8) is 0 Å². The maximum Gasteiger partial charge on any atom is 0.00939 e. The second-order valence-electron chi connectivity index (χ2n) is 4.92. The monoisotopic (exact) mass is 198 g/mol. The van der Waals surface area contributed by atoms with Crippen molar-refractivity contribution in [3.8, 4) is 0 Å². The summed E-state index contributed by atoms with van der Waals surface area (Å²) in [5.74, 6) is 0.801. The molecule has 1 heterocycles. The molecule has 0 spiro atoms. The lowest BCUT2D eigenvalue weighted by molar-refractivity contribution is 0.214. The lowest BCUT2D eigenvalue weighted by Gasteiger charge is -2.33. The molecule has 0 aliphatic carbocycles. The zero-order chi connectivity index (χ0) is 10.6. The zero-order valence-electron chi connectivity index (χ0n) is 10.2. The molecular weight excluding hydrogens is 172 g/mol. The van der Waals surface area contributed by atoms with E-state index < -0.39 is 0 Å². The third kappa shape index (κ3) is 3.58. The molecule has 1 fully saturated rings. The summed E-state index contributed by atoms with van der Waals surface area (Å²) in [6.45, 7) is 9.45. The Morgan fingerprint density at radius 2 is 1.86 bits per heavy atom. The van der Waals surface area contributed by atoms with E-state index in [1.54, 1.807) is 0 Å². The molecule has 0 bridgehead atoms. The summed E-state index contributed by atoms with van der Waals surface area (Å²) < 4.78 is 0. The van der Waals surface area contributed by atoms with Crippen molar-refractivity contribution in [2.24, 2.45) is 5.92 Å². The van der Waals surface area contributed by atoms with E-state index in [1.165, 1.54) is 32.4 Å². The predicted molar refractivity (Wildman–Crippen MR) is 62.6 cm³/mol. The van der Waals surface area contributed by atoms with Crippen molar-refractivity contribution in [1.29, 1.82) is 0 Å². The summed E-state index contributed by atoms with van der Waals surface area (Å²) in [5.41, 5.74) is 0. The largest absolute Gasteiger partial charge is 0.311 e. The molecule has 14 heavy (non-hydrogen) atoms. The molecule has 1 N–H and O–H groups in total. The number of piperidine rings is 1. The highest BCUT2D eigenvalue weighted by molar-refractivity contribution is 4.79. The summed E-state index contributed by atoms with van der Waals surface area (Å²) in [6.07, 6.45) is 3.91. The maximum absolute atomic E-state index is 3.76. The smallest absolute Gasteiger partial charge is 0.00939 e. The van der Waals surface area contributed by atoms with Crippen LogP contribution >= 0.6 is 0 Å². The molecular formula is C12H26N2.